The molecule has 1 unspecified atom stereocenters. The van der Waals surface area contributed by atoms with Gasteiger partial charge in [0.15, 0.2) is 5.65 Å². The van der Waals surface area contributed by atoms with E-state index in [0.717, 1.165) is 0 Å². The second-order valence-electron chi connectivity index (χ2n) is 6.93. The first-order chi connectivity index (χ1) is 13.9. The Kier molecular flexibility index (Phi) is 4.61. The van der Waals surface area contributed by atoms with Gasteiger partial charge in [0.1, 0.15) is 30.1 Å². The number of nitrogens with zero attached hydrogens (tertiary/aromatic N) is 6. The van der Waals surface area contributed by atoms with Gasteiger partial charge < -0.3 is 9.80 Å². The molecular formula is C19H19FN6O3. The normalized spacial score (nSPS) is 16.6. The number of aromatic nitrogens is 4. The average Bonchev–Trinajstić information content (AvgIpc) is 3.27. The quantitative estimate of drug-likeness (QED) is 0.639. The number of carbonyl (C=O) groups excluding carboxylic acids is 2. The SMILES string of the molecule is CN(C(=O)Cn1cnc2c(cnn2C)c1=O)C1CCN(c2ccccc2F)C1=O. The van der Waals surface area contributed by atoms with Gasteiger partial charge in [0.25, 0.3) is 5.56 Å². The summed E-state index contributed by atoms with van der Waals surface area (Å²) in [6.07, 6.45) is 3.08. The second-order valence-corrected chi connectivity index (χ2v) is 6.93. The van der Waals surface area contributed by atoms with Gasteiger partial charge >= 0.3 is 0 Å². The van der Waals surface area contributed by atoms with Crippen LogP contribution in [0.2, 0.25) is 0 Å². The van der Waals surface area contributed by atoms with Crippen LogP contribution in [0, 0.1) is 5.82 Å². The fourth-order valence-electron chi connectivity index (χ4n) is 3.54. The molecule has 10 heteroatoms. The molecule has 3 aromatic rings. The van der Waals surface area contributed by atoms with E-state index in [9.17, 15) is 18.8 Å². The molecule has 1 aliphatic rings. The molecule has 0 saturated carbocycles. The molecule has 2 amide bonds. The summed E-state index contributed by atoms with van der Waals surface area (Å²) < 4.78 is 16.7. The van der Waals surface area contributed by atoms with E-state index in [2.05, 4.69) is 10.1 Å². The van der Waals surface area contributed by atoms with E-state index >= 15 is 0 Å². The molecule has 1 atom stereocenters. The van der Waals surface area contributed by atoms with E-state index < -0.39 is 17.8 Å². The molecule has 150 valence electrons. The third kappa shape index (κ3) is 3.16. The van der Waals surface area contributed by atoms with Crippen LogP contribution in [0.1, 0.15) is 6.42 Å². The largest absolute Gasteiger partial charge is 0.332 e. The zero-order valence-corrected chi connectivity index (χ0v) is 15.9. The van der Waals surface area contributed by atoms with Crippen molar-refractivity contribution in [2.75, 3.05) is 18.5 Å². The van der Waals surface area contributed by atoms with Gasteiger partial charge in [0, 0.05) is 20.6 Å². The van der Waals surface area contributed by atoms with Gasteiger partial charge in [0.2, 0.25) is 11.8 Å². The number of likely N-dealkylation sites (N-methyl/N-ethyl adjacent to an activating group) is 1. The standard InChI is InChI=1S/C19H19FN6O3/c1-23(15-7-8-26(19(15)29)14-6-4-3-5-13(14)20)16(27)10-25-11-21-17-12(18(25)28)9-22-24(17)2/h3-6,9,11,15H,7-8,10H2,1-2H3. The number of hydrogen-bond donors (Lipinski definition) is 0. The summed E-state index contributed by atoms with van der Waals surface area (Å²) in [5, 5.41) is 4.31. The lowest BCUT2D eigenvalue weighted by Crippen LogP contribution is -2.45. The van der Waals surface area contributed by atoms with Crippen molar-refractivity contribution >= 4 is 28.5 Å². The molecule has 0 N–H and O–H groups in total. The Morgan fingerprint density at radius 2 is 2.07 bits per heavy atom. The first-order valence-electron chi connectivity index (χ1n) is 9.07. The Bertz CT molecular complexity index is 1170. The fourth-order valence-corrected chi connectivity index (χ4v) is 3.54. The van der Waals surface area contributed by atoms with Gasteiger partial charge in [-0.2, -0.15) is 5.10 Å². The highest BCUT2D eigenvalue weighted by Gasteiger charge is 2.38. The second kappa shape index (κ2) is 7.12. The minimum Gasteiger partial charge on any atom is -0.332 e. The van der Waals surface area contributed by atoms with Crippen LogP contribution in [-0.4, -0.2) is 55.7 Å². The van der Waals surface area contributed by atoms with Crippen molar-refractivity contribution < 1.29 is 14.0 Å². The Hall–Kier alpha value is -3.56. The molecule has 9 nitrogen and oxygen atoms in total. The van der Waals surface area contributed by atoms with Gasteiger partial charge in [-0.3, -0.25) is 23.6 Å². The van der Waals surface area contributed by atoms with Crippen LogP contribution in [-0.2, 0) is 23.2 Å². The van der Waals surface area contributed by atoms with Crippen LogP contribution < -0.4 is 10.5 Å². The summed E-state index contributed by atoms with van der Waals surface area (Å²) in [5.74, 6) is -1.25. The van der Waals surface area contributed by atoms with Gasteiger partial charge in [-0.05, 0) is 18.6 Å². The zero-order valence-electron chi connectivity index (χ0n) is 15.9. The lowest BCUT2D eigenvalue weighted by atomic mass is 10.2. The molecule has 3 heterocycles. The van der Waals surface area contributed by atoms with Crippen LogP contribution in [0.4, 0.5) is 10.1 Å². The molecule has 2 aromatic heterocycles. The summed E-state index contributed by atoms with van der Waals surface area (Å²) in [6.45, 7) is 0.0574. The highest BCUT2D eigenvalue weighted by atomic mass is 19.1. The van der Waals surface area contributed by atoms with Gasteiger partial charge in [-0.15, -0.1) is 0 Å². The van der Waals surface area contributed by atoms with Crippen molar-refractivity contribution in [1.29, 1.82) is 0 Å². The number of fused-ring (bicyclic) bond motifs is 1. The summed E-state index contributed by atoms with van der Waals surface area (Å²) >= 11 is 0. The molecule has 1 saturated heterocycles. The maximum Gasteiger partial charge on any atom is 0.264 e. The summed E-state index contributed by atoms with van der Waals surface area (Å²) in [5.41, 5.74) is 0.248. The molecule has 4 rings (SSSR count). The number of halogens is 1. The van der Waals surface area contributed by atoms with E-state index in [0.29, 0.717) is 24.0 Å². The number of rotatable bonds is 4. The Morgan fingerprint density at radius 1 is 1.31 bits per heavy atom. The third-order valence-electron chi connectivity index (χ3n) is 5.21. The molecule has 0 aliphatic carbocycles. The molecule has 1 aromatic carbocycles. The Balaban J connectivity index is 1.51. The van der Waals surface area contributed by atoms with Crippen LogP contribution in [0.25, 0.3) is 11.0 Å². The average molecular weight is 398 g/mol. The number of anilines is 1. The first kappa shape index (κ1) is 18.8. The molecule has 0 bridgehead atoms. The van der Waals surface area contributed by atoms with Crippen LogP contribution in [0.5, 0.6) is 0 Å². The molecular weight excluding hydrogens is 379 g/mol. The van der Waals surface area contributed by atoms with Crippen molar-refractivity contribution in [3.8, 4) is 0 Å². The van der Waals surface area contributed by atoms with Crippen molar-refractivity contribution in [1.82, 2.24) is 24.2 Å². The predicted octanol–water partition coefficient (Wildman–Crippen LogP) is 0.533. The highest BCUT2D eigenvalue weighted by molar-refractivity contribution is 6.01. The summed E-state index contributed by atoms with van der Waals surface area (Å²) in [7, 11) is 3.18. The molecule has 1 aliphatic heterocycles. The molecule has 1 fully saturated rings. The monoisotopic (exact) mass is 398 g/mol. The first-order valence-corrected chi connectivity index (χ1v) is 9.07. The lowest BCUT2D eigenvalue weighted by molar-refractivity contribution is -0.137. The lowest BCUT2D eigenvalue weighted by Gasteiger charge is -2.24. The van der Waals surface area contributed by atoms with E-state index in [1.807, 2.05) is 0 Å². The zero-order chi connectivity index (χ0) is 20.7. The maximum atomic E-state index is 14.0. The minimum atomic E-state index is -0.715. The van der Waals surface area contributed by atoms with E-state index in [1.54, 1.807) is 19.2 Å². The Morgan fingerprint density at radius 3 is 2.83 bits per heavy atom. The van der Waals surface area contributed by atoms with Crippen molar-refractivity contribution in [3.05, 3.63) is 53.0 Å². The van der Waals surface area contributed by atoms with Crippen molar-refractivity contribution in [2.24, 2.45) is 7.05 Å². The summed E-state index contributed by atoms with van der Waals surface area (Å²) in [6, 6.07) is 5.32. The fraction of sp³-hybridized carbons (Fsp3) is 0.316. The Labute approximate surface area is 165 Å². The molecule has 29 heavy (non-hydrogen) atoms. The van der Waals surface area contributed by atoms with E-state index in [1.165, 1.54) is 50.8 Å². The number of hydrogen-bond acceptors (Lipinski definition) is 5. The van der Waals surface area contributed by atoms with Crippen molar-refractivity contribution in [3.63, 3.8) is 0 Å². The predicted molar refractivity (Wildman–Crippen MR) is 103 cm³/mol. The molecule has 0 radical (unpaired) electrons. The van der Waals surface area contributed by atoms with Gasteiger partial charge in [-0.1, -0.05) is 12.1 Å². The topological polar surface area (TPSA) is 93.3 Å². The number of benzene rings is 1. The van der Waals surface area contributed by atoms with Crippen LogP contribution >= 0.6 is 0 Å². The number of aryl methyl sites for hydroxylation is 1. The number of carbonyl (C=O) groups is 2. The molecule has 0 spiro atoms. The number of amides is 2. The summed E-state index contributed by atoms with van der Waals surface area (Å²) in [4.78, 5) is 44.9. The third-order valence-corrected chi connectivity index (χ3v) is 5.21. The van der Waals surface area contributed by atoms with Crippen LogP contribution in [0.15, 0.2) is 41.6 Å². The van der Waals surface area contributed by atoms with E-state index in [-0.39, 0.29) is 23.7 Å². The smallest absolute Gasteiger partial charge is 0.264 e. The van der Waals surface area contributed by atoms with Crippen LogP contribution in [0.3, 0.4) is 0 Å². The maximum absolute atomic E-state index is 14.0. The minimum absolute atomic E-state index is 0.197. The highest BCUT2D eigenvalue weighted by Crippen LogP contribution is 2.26. The van der Waals surface area contributed by atoms with Crippen molar-refractivity contribution in [2.45, 2.75) is 19.0 Å². The number of para-hydroxylation sites is 1. The van der Waals surface area contributed by atoms with Gasteiger partial charge in [0.05, 0.1) is 11.9 Å². The van der Waals surface area contributed by atoms with E-state index in [4.69, 9.17) is 0 Å². The van der Waals surface area contributed by atoms with Gasteiger partial charge in [-0.25, -0.2) is 9.37 Å².